The number of thioether (sulfide) groups is 1. The minimum absolute atomic E-state index is 0.0962. The largest absolute Gasteiger partial charge is 0.294 e. The molecule has 2 atom stereocenters. The van der Waals surface area contributed by atoms with E-state index in [0.717, 1.165) is 52.9 Å². The Morgan fingerprint density at radius 3 is 3.00 bits per heavy atom. The van der Waals surface area contributed by atoms with E-state index >= 15 is 0 Å². The third-order valence-electron chi connectivity index (χ3n) is 4.94. The van der Waals surface area contributed by atoms with Crippen LogP contribution in [0.1, 0.15) is 37.2 Å². The average Bonchev–Trinajstić information content (AvgIpc) is 3.21. The van der Waals surface area contributed by atoms with Crippen LogP contribution in [0, 0.1) is 0 Å². The maximum atomic E-state index is 12.6. The molecule has 0 saturated carbocycles. The van der Waals surface area contributed by atoms with E-state index in [9.17, 15) is 4.79 Å². The molecule has 0 spiro atoms. The lowest BCUT2D eigenvalue weighted by Crippen LogP contribution is -2.32. The number of carbonyl (C=O) groups excluding carboxylic acids is 1. The van der Waals surface area contributed by atoms with Crippen molar-refractivity contribution >= 4 is 34.3 Å². The van der Waals surface area contributed by atoms with E-state index < -0.39 is 0 Å². The van der Waals surface area contributed by atoms with Crippen molar-refractivity contribution in [3.05, 3.63) is 35.0 Å². The summed E-state index contributed by atoms with van der Waals surface area (Å²) in [6.45, 7) is 0. The average molecular weight is 325 g/mol. The van der Waals surface area contributed by atoms with Crippen molar-refractivity contribution in [3.8, 4) is 0 Å². The number of carbonyl (C=O) groups is 1. The van der Waals surface area contributed by atoms with Gasteiger partial charge in [-0.2, -0.15) is 11.8 Å². The molecule has 116 valence electrons. The summed E-state index contributed by atoms with van der Waals surface area (Å²) in [4.78, 5) is 17.5. The zero-order valence-corrected chi connectivity index (χ0v) is 13.3. The molecule has 0 N–H and O–H groups in total. The molecule has 3 heterocycles. The zero-order valence-electron chi connectivity index (χ0n) is 12.5. The fourth-order valence-corrected chi connectivity index (χ4v) is 5.34. The quantitative estimate of drug-likeness (QED) is 0.805. The number of ketones is 1. The van der Waals surface area contributed by atoms with Gasteiger partial charge in [0, 0.05) is 29.3 Å². The van der Waals surface area contributed by atoms with Gasteiger partial charge in [0.1, 0.15) is 11.0 Å². The van der Waals surface area contributed by atoms with Crippen molar-refractivity contribution in [2.45, 2.75) is 36.9 Å². The fourth-order valence-electron chi connectivity index (χ4n) is 3.91. The van der Waals surface area contributed by atoms with Gasteiger partial charge >= 0.3 is 0 Å². The predicted molar refractivity (Wildman–Crippen MR) is 88.7 cm³/mol. The zero-order chi connectivity index (χ0) is 15.4. The summed E-state index contributed by atoms with van der Waals surface area (Å²) < 4.78 is 4.81. The Kier molecular flexibility index (Phi) is 2.95. The number of fused-ring (bicyclic) bond motifs is 2. The second-order valence-corrected chi connectivity index (χ2v) is 7.52. The first-order valence-electron chi connectivity index (χ1n) is 7.99. The fraction of sp³-hybridized carbons (Fsp3) is 0.412. The Balaban J connectivity index is 1.70. The van der Waals surface area contributed by atoms with Gasteiger partial charge in [0.2, 0.25) is 0 Å². The van der Waals surface area contributed by atoms with Crippen LogP contribution in [0.2, 0.25) is 0 Å². The summed E-state index contributed by atoms with van der Waals surface area (Å²) >= 11 is 1.92. The number of benzene rings is 1. The van der Waals surface area contributed by atoms with E-state index in [1.807, 2.05) is 23.9 Å². The van der Waals surface area contributed by atoms with Crippen molar-refractivity contribution in [1.82, 2.24) is 10.3 Å². The van der Waals surface area contributed by atoms with Crippen LogP contribution in [0.5, 0.6) is 0 Å². The highest BCUT2D eigenvalue weighted by Crippen LogP contribution is 2.47. The molecule has 5 rings (SSSR count). The van der Waals surface area contributed by atoms with Crippen LogP contribution in [0.25, 0.3) is 11.0 Å². The molecule has 6 heteroatoms. The molecule has 0 bridgehead atoms. The summed E-state index contributed by atoms with van der Waals surface area (Å²) in [6, 6.07) is 6.01. The van der Waals surface area contributed by atoms with Gasteiger partial charge in [-0.3, -0.25) is 9.79 Å². The highest BCUT2D eigenvalue weighted by atomic mass is 32.2. The molecule has 23 heavy (non-hydrogen) atoms. The first-order valence-corrected chi connectivity index (χ1v) is 9.03. The van der Waals surface area contributed by atoms with Crippen molar-refractivity contribution in [2.75, 3.05) is 5.75 Å². The molecule has 3 aliphatic rings. The Labute approximate surface area is 137 Å². The summed E-state index contributed by atoms with van der Waals surface area (Å²) in [5, 5.41) is 8.12. The van der Waals surface area contributed by atoms with Crippen LogP contribution in [-0.4, -0.2) is 32.8 Å². The van der Waals surface area contributed by atoms with Crippen molar-refractivity contribution in [2.24, 2.45) is 4.99 Å². The maximum Gasteiger partial charge on any atom is 0.161 e. The third kappa shape index (κ3) is 2.01. The third-order valence-corrected chi connectivity index (χ3v) is 6.29. The minimum Gasteiger partial charge on any atom is -0.294 e. The van der Waals surface area contributed by atoms with E-state index in [2.05, 4.69) is 16.4 Å². The van der Waals surface area contributed by atoms with Gasteiger partial charge in [-0.1, -0.05) is 6.07 Å². The number of aromatic nitrogens is 2. The number of allylic oxidation sites excluding steroid dienone is 2. The number of hydrogen-bond donors (Lipinski definition) is 0. The highest BCUT2D eigenvalue weighted by Gasteiger charge is 2.42. The van der Waals surface area contributed by atoms with Gasteiger partial charge in [0.15, 0.2) is 5.78 Å². The molecular weight excluding hydrogens is 310 g/mol. The van der Waals surface area contributed by atoms with Crippen LogP contribution in [0.15, 0.2) is 39.1 Å². The number of aliphatic imine (C=N–C) groups is 1. The van der Waals surface area contributed by atoms with E-state index in [4.69, 9.17) is 9.62 Å². The summed E-state index contributed by atoms with van der Waals surface area (Å²) in [5.74, 6) is 1.45. The van der Waals surface area contributed by atoms with E-state index in [-0.39, 0.29) is 17.0 Å². The van der Waals surface area contributed by atoms with Crippen molar-refractivity contribution in [3.63, 3.8) is 0 Å². The lowest BCUT2D eigenvalue weighted by Gasteiger charge is -2.33. The smallest absolute Gasteiger partial charge is 0.161 e. The molecular formula is C17H15N3O2S. The molecule has 0 amide bonds. The van der Waals surface area contributed by atoms with Crippen molar-refractivity contribution in [1.29, 1.82) is 0 Å². The second kappa shape index (κ2) is 5.03. The Hall–Kier alpha value is -1.95. The van der Waals surface area contributed by atoms with E-state index in [1.165, 1.54) is 5.71 Å². The highest BCUT2D eigenvalue weighted by molar-refractivity contribution is 8.01. The number of hydrogen-bond acceptors (Lipinski definition) is 6. The van der Waals surface area contributed by atoms with E-state index in [0.29, 0.717) is 6.42 Å². The van der Waals surface area contributed by atoms with Gasteiger partial charge in [0.25, 0.3) is 0 Å². The lowest BCUT2D eigenvalue weighted by atomic mass is 9.77. The van der Waals surface area contributed by atoms with Crippen LogP contribution >= 0.6 is 11.8 Å². The van der Waals surface area contributed by atoms with E-state index in [1.54, 1.807) is 0 Å². The molecule has 1 aromatic heterocycles. The second-order valence-electron chi connectivity index (χ2n) is 6.27. The molecule has 5 nitrogen and oxygen atoms in total. The first kappa shape index (κ1) is 13.5. The molecule has 1 saturated heterocycles. The Morgan fingerprint density at radius 2 is 2.04 bits per heavy atom. The topological polar surface area (TPSA) is 68.3 Å². The predicted octanol–water partition coefficient (Wildman–Crippen LogP) is 3.27. The Bertz CT molecular complexity index is 883. The van der Waals surface area contributed by atoms with Crippen LogP contribution in [0.3, 0.4) is 0 Å². The first-order chi connectivity index (χ1) is 11.3. The number of Topliss-reactive ketones (excluding diaryl/α,β-unsaturated/α-hetero) is 1. The van der Waals surface area contributed by atoms with Gasteiger partial charge in [-0.15, -0.1) is 0 Å². The SMILES string of the molecule is O=C1CCCC2=C1C(c1ccc3nonc3c1)C1SCCC1=N2. The number of rotatable bonds is 1. The molecule has 2 aliphatic heterocycles. The lowest BCUT2D eigenvalue weighted by molar-refractivity contribution is -0.116. The standard InChI is InChI=1S/C17H15N3O2S/c21-14-3-1-2-11-16(14)15(17-12(18-11)6-7-23-17)9-4-5-10-13(8-9)20-22-19-10/h4-5,8,15,17H,1-3,6-7H2. The maximum absolute atomic E-state index is 12.6. The summed E-state index contributed by atoms with van der Waals surface area (Å²) in [5.41, 5.74) is 5.85. The minimum atomic E-state index is 0.0962. The molecule has 1 fully saturated rings. The van der Waals surface area contributed by atoms with Gasteiger partial charge in [-0.25, -0.2) is 4.63 Å². The van der Waals surface area contributed by atoms with Gasteiger partial charge < -0.3 is 0 Å². The normalized spacial score (nSPS) is 27.1. The molecule has 1 aromatic carbocycles. The van der Waals surface area contributed by atoms with Gasteiger partial charge in [-0.05, 0) is 53.0 Å². The monoisotopic (exact) mass is 325 g/mol. The summed E-state index contributed by atoms with van der Waals surface area (Å²) in [7, 11) is 0. The van der Waals surface area contributed by atoms with Gasteiger partial charge in [0.05, 0.1) is 5.25 Å². The Morgan fingerprint density at radius 1 is 1.13 bits per heavy atom. The molecule has 0 radical (unpaired) electrons. The molecule has 2 unspecified atom stereocenters. The van der Waals surface area contributed by atoms with Crippen molar-refractivity contribution < 1.29 is 9.42 Å². The van der Waals surface area contributed by atoms with Crippen LogP contribution in [-0.2, 0) is 4.79 Å². The molecule has 2 aromatic rings. The van der Waals surface area contributed by atoms with Crippen LogP contribution < -0.4 is 0 Å². The number of nitrogens with zero attached hydrogens (tertiary/aromatic N) is 3. The summed E-state index contributed by atoms with van der Waals surface area (Å²) in [6.07, 6.45) is 3.52. The van der Waals surface area contributed by atoms with Crippen LogP contribution in [0.4, 0.5) is 0 Å². The molecule has 1 aliphatic carbocycles.